The number of benzene rings is 1. The average molecular weight is 394 g/mol. The summed E-state index contributed by atoms with van der Waals surface area (Å²) in [6, 6.07) is 11.6. The second kappa shape index (κ2) is 8.05. The van der Waals surface area contributed by atoms with E-state index in [0.717, 1.165) is 0 Å². The molecule has 1 aromatic carbocycles. The van der Waals surface area contributed by atoms with Crippen molar-refractivity contribution in [1.82, 2.24) is 19.7 Å². The van der Waals surface area contributed by atoms with E-state index in [2.05, 4.69) is 15.3 Å². The zero-order valence-corrected chi connectivity index (χ0v) is 15.1. The molecule has 4 aromatic rings. The summed E-state index contributed by atoms with van der Waals surface area (Å²) in [7, 11) is 0. The zero-order valence-electron chi connectivity index (χ0n) is 15.1. The Morgan fingerprint density at radius 3 is 2.69 bits per heavy atom. The first-order valence-corrected chi connectivity index (χ1v) is 8.78. The third-order valence-electron chi connectivity index (χ3n) is 4.42. The van der Waals surface area contributed by atoms with Crippen LogP contribution >= 0.6 is 0 Å². The molecule has 8 heteroatoms. The molecule has 4 rings (SSSR count). The fraction of sp³-hybridized carbons (Fsp3) is 0.0952. The van der Waals surface area contributed by atoms with Gasteiger partial charge >= 0.3 is 0 Å². The molecule has 0 spiro atoms. The molecule has 1 atom stereocenters. The second-order valence-corrected chi connectivity index (χ2v) is 6.21. The van der Waals surface area contributed by atoms with Crippen molar-refractivity contribution in [3.63, 3.8) is 0 Å². The molecular weight excluding hydrogens is 378 g/mol. The Hall–Kier alpha value is -3.81. The van der Waals surface area contributed by atoms with Gasteiger partial charge in [0.15, 0.2) is 0 Å². The molecule has 0 saturated heterocycles. The summed E-state index contributed by atoms with van der Waals surface area (Å²) in [5.41, 5.74) is 1.74. The predicted octanol–water partition coefficient (Wildman–Crippen LogP) is 3.69. The topological polar surface area (TPSA) is 68.5 Å². The van der Waals surface area contributed by atoms with Gasteiger partial charge in [-0.05, 0) is 42.0 Å². The van der Waals surface area contributed by atoms with Gasteiger partial charge in [0, 0.05) is 24.8 Å². The number of fused-ring (bicyclic) bond motifs is 1. The Morgan fingerprint density at radius 1 is 1.10 bits per heavy atom. The van der Waals surface area contributed by atoms with Crippen molar-refractivity contribution in [3.05, 3.63) is 96.0 Å². The minimum absolute atomic E-state index is 0.0729. The molecule has 0 bridgehead atoms. The summed E-state index contributed by atoms with van der Waals surface area (Å²) < 4.78 is 33.3. The molecule has 3 heterocycles. The van der Waals surface area contributed by atoms with Crippen molar-refractivity contribution in [2.45, 2.75) is 6.04 Å². The van der Waals surface area contributed by atoms with E-state index in [1.165, 1.54) is 18.3 Å². The third-order valence-corrected chi connectivity index (χ3v) is 4.42. The molecule has 3 aromatic heterocycles. The Balaban J connectivity index is 1.68. The zero-order chi connectivity index (χ0) is 20.2. The van der Waals surface area contributed by atoms with E-state index >= 15 is 0 Å². The van der Waals surface area contributed by atoms with Crippen LogP contribution in [-0.2, 0) is 0 Å². The number of alkyl halides is 1. The molecule has 1 N–H and O–H groups in total. The van der Waals surface area contributed by atoms with Gasteiger partial charge in [0.1, 0.15) is 22.9 Å². The van der Waals surface area contributed by atoms with E-state index in [1.54, 1.807) is 59.4 Å². The van der Waals surface area contributed by atoms with Gasteiger partial charge in [-0.15, -0.1) is 0 Å². The summed E-state index contributed by atoms with van der Waals surface area (Å²) in [4.78, 5) is 21.1. The first kappa shape index (κ1) is 18.5. The lowest BCUT2D eigenvalue weighted by atomic mass is 10.0. The van der Waals surface area contributed by atoms with E-state index in [1.807, 2.05) is 0 Å². The van der Waals surface area contributed by atoms with Crippen LogP contribution in [0.15, 0.2) is 73.3 Å². The summed E-state index contributed by atoms with van der Waals surface area (Å²) in [5, 5.41) is 2.83. The number of aromatic nitrogens is 3. The Bertz CT molecular complexity index is 1140. The van der Waals surface area contributed by atoms with Crippen molar-refractivity contribution >= 4 is 11.6 Å². The molecule has 0 aliphatic carbocycles. The molecule has 0 saturated carbocycles. The van der Waals surface area contributed by atoms with E-state index in [-0.39, 0.29) is 5.69 Å². The SMILES string of the molecule is O=C(N[C@@H](c1ccc(OCF)cc1)c1ncccc1F)c1ccc2nccn2c1. The number of imidazole rings is 1. The quantitative estimate of drug-likeness (QED) is 0.542. The highest BCUT2D eigenvalue weighted by atomic mass is 19.1. The Labute approximate surface area is 164 Å². The summed E-state index contributed by atoms with van der Waals surface area (Å²) >= 11 is 0. The molecular formula is C21H16F2N4O2. The number of hydrogen-bond donors (Lipinski definition) is 1. The highest BCUT2D eigenvalue weighted by Crippen LogP contribution is 2.25. The number of carbonyl (C=O) groups excluding carboxylic acids is 1. The van der Waals surface area contributed by atoms with Crippen molar-refractivity contribution in [3.8, 4) is 5.75 Å². The Morgan fingerprint density at radius 2 is 1.93 bits per heavy atom. The molecule has 0 aliphatic heterocycles. The average Bonchev–Trinajstić information content (AvgIpc) is 3.21. The lowest BCUT2D eigenvalue weighted by molar-refractivity contribution is 0.0941. The standard InChI is InChI=1S/C21H16F2N4O2/c22-13-29-16-6-3-14(4-7-16)19(20-17(23)2-1-9-25-20)26-21(28)15-5-8-18-24-10-11-27(18)12-15/h1-12,19H,13H2,(H,26,28)/t19-/m0/s1. The van der Waals surface area contributed by atoms with Crippen LogP contribution in [-0.4, -0.2) is 27.1 Å². The number of nitrogens with zero attached hydrogens (tertiary/aromatic N) is 3. The highest BCUT2D eigenvalue weighted by Gasteiger charge is 2.22. The molecule has 0 aliphatic rings. The summed E-state index contributed by atoms with van der Waals surface area (Å²) in [6.07, 6.45) is 6.45. The lowest BCUT2D eigenvalue weighted by Gasteiger charge is -2.20. The van der Waals surface area contributed by atoms with Gasteiger partial charge in [0.2, 0.25) is 6.86 Å². The molecule has 0 radical (unpaired) electrons. The van der Waals surface area contributed by atoms with Gasteiger partial charge in [-0.25, -0.2) is 13.8 Å². The third kappa shape index (κ3) is 3.91. The Kier molecular flexibility index (Phi) is 5.15. The van der Waals surface area contributed by atoms with Crippen molar-refractivity contribution in [2.24, 2.45) is 0 Å². The molecule has 0 unspecified atom stereocenters. The number of hydrogen-bond acceptors (Lipinski definition) is 4. The van der Waals surface area contributed by atoms with E-state index in [4.69, 9.17) is 4.74 Å². The van der Waals surface area contributed by atoms with E-state index < -0.39 is 24.6 Å². The number of ether oxygens (including phenoxy) is 1. The maximum Gasteiger partial charge on any atom is 0.253 e. The number of pyridine rings is 2. The summed E-state index contributed by atoms with van der Waals surface area (Å²) in [5.74, 6) is -0.625. The molecule has 1 amide bonds. The minimum Gasteiger partial charge on any atom is -0.463 e. The van der Waals surface area contributed by atoms with Crippen LogP contribution in [0.3, 0.4) is 0 Å². The first-order chi connectivity index (χ1) is 14.2. The normalized spacial score (nSPS) is 11.9. The largest absolute Gasteiger partial charge is 0.463 e. The van der Waals surface area contributed by atoms with Crippen LogP contribution in [0.1, 0.15) is 27.7 Å². The number of nitrogens with one attached hydrogen (secondary N) is 1. The van der Waals surface area contributed by atoms with Gasteiger partial charge in [0.25, 0.3) is 5.91 Å². The molecule has 6 nitrogen and oxygen atoms in total. The van der Waals surface area contributed by atoms with Gasteiger partial charge in [0.05, 0.1) is 11.6 Å². The predicted molar refractivity (Wildman–Crippen MR) is 102 cm³/mol. The molecule has 146 valence electrons. The number of amides is 1. The lowest BCUT2D eigenvalue weighted by Crippen LogP contribution is -2.30. The second-order valence-electron chi connectivity index (χ2n) is 6.21. The van der Waals surface area contributed by atoms with Crippen LogP contribution in [0.2, 0.25) is 0 Å². The van der Waals surface area contributed by atoms with E-state index in [9.17, 15) is 13.6 Å². The fourth-order valence-electron chi connectivity index (χ4n) is 3.01. The van der Waals surface area contributed by atoms with Crippen LogP contribution in [0, 0.1) is 5.82 Å². The van der Waals surface area contributed by atoms with Crippen LogP contribution < -0.4 is 10.1 Å². The number of rotatable bonds is 6. The number of halogens is 2. The van der Waals surface area contributed by atoms with Crippen molar-refractivity contribution in [2.75, 3.05) is 6.86 Å². The van der Waals surface area contributed by atoms with Crippen LogP contribution in [0.5, 0.6) is 5.75 Å². The van der Waals surface area contributed by atoms with E-state index in [0.29, 0.717) is 22.5 Å². The van der Waals surface area contributed by atoms with Gasteiger partial charge in [-0.2, -0.15) is 0 Å². The maximum atomic E-state index is 14.4. The van der Waals surface area contributed by atoms with Crippen molar-refractivity contribution < 1.29 is 18.3 Å². The number of carbonyl (C=O) groups is 1. The van der Waals surface area contributed by atoms with Gasteiger partial charge in [-0.1, -0.05) is 12.1 Å². The van der Waals surface area contributed by atoms with Gasteiger partial charge in [-0.3, -0.25) is 9.78 Å². The van der Waals surface area contributed by atoms with Crippen molar-refractivity contribution in [1.29, 1.82) is 0 Å². The highest BCUT2D eigenvalue weighted by molar-refractivity contribution is 5.94. The smallest absolute Gasteiger partial charge is 0.253 e. The summed E-state index contributed by atoms with van der Waals surface area (Å²) in [6.45, 7) is -0.953. The maximum absolute atomic E-state index is 14.4. The molecule has 0 fully saturated rings. The van der Waals surface area contributed by atoms with Crippen LogP contribution in [0.25, 0.3) is 5.65 Å². The van der Waals surface area contributed by atoms with Crippen LogP contribution in [0.4, 0.5) is 8.78 Å². The minimum atomic E-state index is -0.953. The fourth-order valence-corrected chi connectivity index (χ4v) is 3.01. The molecule has 29 heavy (non-hydrogen) atoms. The first-order valence-electron chi connectivity index (χ1n) is 8.78. The van der Waals surface area contributed by atoms with Gasteiger partial charge < -0.3 is 14.5 Å². The monoisotopic (exact) mass is 394 g/mol.